The van der Waals surface area contributed by atoms with Gasteiger partial charge in [-0.15, -0.1) is 0 Å². The molecular weight excluding hydrogens is 238 g/mol. The van der Waals surface area contributed by atoms with Gasteiger partial charge in [0.05, 0.1) is 0 Å². The third kappa shape index (κ3) is 3.13. The van der Waals surface area contributed by atoms with Crippen LogP contribution in [0.15, 0.2) is 0 Å². The number of nitrogens with one attached hydrogen (secondary N) is 1. The molecule has 1 heterocycles. The van der Waals surface area contributed by atoms with Crippen LogP contribution in [0.2, 0.25) is 0 Å². The van der Waals surface area contributed by atoms with Gasteiger partial charge in [-0.1, -0.05) is 6.92 Å². The first kappa shape index (κ1) is 15.2. The lowest BCUT2D eigenvalue weighted by Crippen LogP contribution is -2.65. The summed E-state index contributed by atoms with van der Waals surface area (Å²) in [5.41, 5.74) is 3.41. The fourth-order valence-corrected chi connectivity index (χ4v) is 4.08. The van der Waals surface area contributed by atoms with Crippen molar-refractivity contribution in [2.75, 3.05) is 27.3 Å². The number of nitrogens with two attached hydrogens (primary N) is 1. The minimum atomic E-state index is 0.225. The predicted molar refractivity (Wildman–Crippen MR) is 78.7 cm³/mol. The summed E-state index contributed by atoms with van der Waals surface area (Å²) < 4.78 is 5.51. The van der Waals surface area contributed by atoms with Gasteiger partial charge in [-0.2, -0.15) is 0 Å². The molecule has 0 amide bonds. The number of rotatable bonds is 4. The Morgan fingerprint density at radius 3 is 2.21 bits per heavy atom. The molecule has 1 unspecified atom stereocenters. The summed E-state index contributed by atoms with van der Waals surface area (Å²) in [4.78, 5) is 2.43. The van der Waals surface area contributed by atoms with Crippen LogP contribution in [0.3, 0.4) is 0 Å². The van der Waals surface area contributed by atoms with E-state index in [1.54, 1.807) is 0 Å². The Labute approximate surface area is 118 Å². The van der Waals surface area contributed by atoms with Crippen LogP contribution in [0.4, 0.5) is 0 Å². The van der Waals surface area contributed by atoms with Crippen LogP contribution in [-0.2, 0) is 4.74 Å². The monoisotopic (exact) mass is 269 g/mol. The normalized spacial score (nSPS) is 35.5. The van der Waals surface area contributed by atoms with Crippen molar-refractivity contribution >= 4 is 0 Å². The van der Waals surface area contributed by atoms with Crippen molar-refractivity contribution in [3.63, 3.8) is 0 Å². The molecule has 0 spiro atoms. The highest BCUT2D eigenvalue weighted by Crippen LogP contribution is 2.41. The summed E-state index contributed by atoms with van der Waals surface area (Å²) in [6, 6.07) is 0.388. The average molecular weight is 269 g/mol. The molecule has 2 fully saturated rings. The van der Waals surface area contributed by atoms with Gasteiger partial charge in [0.15, 0.2) is 0 Å². The molecule has 4 heteroatoms. The van der Waals surface area contributed by atoms with E-state index in [1.165, 1.54) is 25.7 Å². The van der Waals surface area contributed by atoms with Gasteiger partial charge in [0.2, 0.25) is 0 Å². The second-order valence-electron chi connectivity index (χ2n) is 6.77. The molecule has 2 aliphatic rings. The molecule has 1 saturated heterocycles. The molecule has 19 heavy (non-hydrogen) atoms. The van der Waals surface area contributed by atoms with Crippen molar-refractivity contribution in [1.82, 2.24) is 10.3 Å². The Morgan fingerprint density at radius 1 is 1.16 bits per heavy atom. The summed E-state index contributed by atoms with van der Waals surface area (Å²) in [7, 11) is 4.44. The zero-order valence-electron chi connectivity index (χ0n) is 12.8. The zero-order chi connectivity index (χ0) is 13.9. The van der Waals surface area contributed by atoms with Gasteiger partial charge in [-0.3, -0.25) is 11.3 Å². The lowest BCUT2D eigenvalue weighted by molar-refractivity contribution is -0.0147. The van der Waals surface area contributed by atoms with Gasteiger partial charge >= 0.3 is 0 Å². The average Bonchev–Trinajstić information content (AvgIpc) is 2.43. The number of hydrazine groups is 1. The highest BCUT2D eigenvalue weighted by atomic mass is 16.5. The highest BCUT2D eigenvalue weighted by molar-refractivity contribution is 5.03. The van der Waals surface area contributed by atoms with Gasteiger partial charge in [-0.05, 0) is 64.5 Å². The van der Waals surface area contributed by atoms with Crippen LogP contribution in [0.25, 0.3) is 0 Å². The van der Waals surface area contributed by atoms with E-state index in [9.17, 15) is 0 Å². The largest absolute Gasteiger partial charge is 0.381 e. The Balaban J connectivity index is 2.15. The number of nitrogens with zero attached hydrogens (tertiary/aromatic N) is 1. The summed E-state index contributed by atoms with van der Waals surface area (Å²) >= 11 is 0. The number of ether oxygens (including phenoxy) is 1. The fourth-order valence-electron chi connectivity index (χ4n) is 4.08. The minimum absolute atomic E-state index is 0.225. The predicted octanol–water partition coefficient (Wildman–Crippen LogP) is 1.76. The fraction of sp³-hybridized carbons (Fsp3) is 1.00. The number of hydrogen-bond acceptors (Lipinski definition) is 4. The molecule has 1 saturated carbocycles. The Hall–Kier alpha value is -0.160. The van der Waals surface area contributed by atoms with Gasteiger partial charge in [0.25, 0.3) is 0 Å². The molecule has 0 aromatic rings. The van der Waals surface area contributed by atoms with E-state index in [1.807, 2.05) is 0 Å². The lowest BCUT2D eigenvalue weighted by atomic mass is 9.67. The summed E-state index contributed by atoms with van der Waals surface area (Å²) in [6.45, 7) is 4.16. The van der Waals surface area contributed by atoms with E-state index < -0.39 is 0 Å². The standard InChI is InChI=1S/C15H31N3O/c1-12-4-8-15(9-5-12,18(2)3)14(17-16)13-6-10-19-11-7-13/h12-14,17H,4-11,16H2,1-3H3. The lowest BCUT2D eigenvalue weighted by Gasteiger charge is -2.52. The molecule has 1 aliphatic heterocycles. The second kappa shape index (κ2) is 6.53. The summed E-state index contributed by atoms with van der Waals surface area (Å²) in [5, 5.41) is 0. The van der Waals surface area contributed by atoms with Crippen LogP contribution in [0.1, 0.15) is 45.4 Å². The van der Waals surface area contributed by atoms with E-state index in [4.69, 9.17) is 10.6 Å². The van der Waals surface area contributed by atoms with Crippen molar-refractivity contribution in [2.24, 2.45) is 17.7 Å². The molecular formula is C15H31N3O. The van der Waals surface area contributed by atoms with Crippen LogP contribution in [-0.4, -0.2) is 43.8 Å². The first-order valence-electron chi connectivity index (χ1n) is 7.81. The topological polar surface area (TPSA) is 50.5 Å². The summed E-state index contributed by atoms with van der Waals surface area (Å²) in [6.07, 6.45) is 7.43. The molecule has 1 atom stereocenters. The highest BCUT2D eigenvalue weighted by Gasteiger charge is 2.45. The van der Waals surface area contributed by atoms with Crippen molar-refractivity contribution in [2.45, 2.75) is 57.0 Å². The molecule has 0 aromatic carbocycles. The molecule has 4 nitrogen and oxygen atoms in total. The Kier molecular flexibility index (Phi) is 5.23. The van der Waals surface area contributed by atoms with E-state index >= 15 is 0 Å². The van der Waals surface area contributed by atoms with E-state index in [0.29, 0.717) is 12.0 Å². The van der Waals surface area contributed by atoms with Gasteiger partial charge in [-0.25, -0.2) is 0 Å². The third-order valence-electron chi connectivity index (χ3n) is 5.53. The van der Waals surface area contributed by atoms with Crippen molar-refractivity contribution < 1.29 is 4.74 Å². The zero-order valence-corrected chi connectivity index (χ0v) is 12.8. The SMILES string of the molecule is CC1CCC(C(NN)C2CCOCC2)(N(C)C)CC1. The smallest absolute Gasteiger partial charge is 0.0469 e. The Morgan fingerprint density at radius 2 is 1.74 bits per heavy atom. The van der Waals surface area contributed by atoms with Crippen LogP contribution < -0.4 is 11.3 Å². The van der Waals surface area contributed by atoms with Crippen LogP contribution in [0.5, 0.6) is 0 Å². The molecule has 0 bridgehead atoms. The van der Waals surface area contributed by atoms with Crippen LogP contribution >= 0.6 is 0 Å². The maximum Gasteiger partial charge on any atom is 0.0469 e. The summed E-state index contributed by atoms with van der Waals surface area (Å²) in [5.74, 6) is 7.48. The van der Waals surface area contributed by atoms with Crippen molar-refractivity contribution in [3.05, 3.63) is 0 Å². The third-order valence-corrected chi connectivity index (χ3v) is 5.53. The van der Waals surface area contributed by atoms with E-state index in [-0.39, 0.29) is 5.54 Å². The second-order valence-corrected chi connectivity index (χ2v) is 6.77. The first-order valence-corrected chi connectivity index (χ1v) is 7.81. The van der Waals surface area contributed by atoms with Crippen LogP contribution in [0, 0.1) is 11.8 Å². The van der Waals surface area contributed by atoms with Gasteiger partial charge in [0, 0.05) is 24.8 Å². The molecule has 0 aromatic heterocycles. The maximum atomic E-state index is 5.97. The number of likely N-dealkylation sites (N-methyl/N-ethyl adjacent to an activating group) is 1. The van der Waals surface area contributed by atoms with Gasteiger partial charge < -0.3 is 9.64 Å². The van der Waals surface area contributed by atoms with Crippen molar-refractivity contribution in [1.29, 1.82) is 0 Å². The molecule has 1 aliphatic carbocycles. The van der Waals surface area contributed by atoms with Gasteiger partial charge in [0.1, 0.15) is 0 Å². The molecule has 112 valence electrons. The Bertz CT molecular complexity index is 269. The van der Waals surface area contributed by atoms with E-state index in [2.05, 4.69) is 31.3 Å². The molecule has 3 N–H and O–H groups in total. The quantitative estimate of drug-likeness (QED) is 0.603. The molecule has 2 rings (SSSR count). The minimum Gasteiger partial charge on any atom is -0.381 e. The number of hydrogen-bond donors (Lipinski definition) is 2. The first-order chi connectivity index (χ1) is 9.10. The van der Waals surface area contributed by atoms with Crippen molar-refractivity contribution in [3.8, 4) is 0 Å². The van der Waals surface area contributed by atoms with E-state index in [0.717, 1.165) is 32.0 Å². The maximum absolute atomic E-state index is 5.97. The molecule has 0 radical (unpaired) electrons.